The summed E-state index contributed by atoms with van der Waals surface area (Å²) in [6, 6.07) is 11.0. The number of thiophene rings is 1. The van der Waals surface area contributed by atoms with Gasteiger partial charge in [0.2, 0.25) is 0 Å². The predicted octanol–water partition coefficient (Wildman–Crippen LogP) is 5.03. The molecule has 0 amide bonds. The fourth-order valence-electron chi connectivity index (χ4n) is 2.73. The molecule has 0 radical (unpaired) electrons. The third-order valence-corrected chi connectivity index (χ3v) is 4.70. The van der Waals surface area contributed by atoms with Gasteiger partial charge in [0.05, 0.1) is 12.6 Å². The van der Waals surface area contributed by atoms with Gasteiger partial charge >= 0.3 is 0 Å². The highest BCUT2D eigenvalue weighted by atomic mass is 32.1. The number of nitrogens with one attached hydrogen (secondary N) is 1. The van der Waals surface area contributed by atoms with Crippen LogP contribution in [0.4, 0.5) is 5.69 Å². The Hall–Kier alpha value is -1.48. The van der Waals surface area contributed by atoms with E-state index in [-0.39, 0.29) is 0 Å². The molecule has 0 saturated heterocycles. The molecule has 1 N–H and O–H groups in total. The molecule has 1 aromatic carbocycles. The van der Waals surface area contributed by atoms with Crippen LogP contribution >= 0.6 is 11.3 Å². The third-order valence-electron chi connectivity index (χ3n) is 3.70. The molecule has 1 unspecified atom stereocenters. The molecule has 0 spiro atoms. The molecule has 1 atom stereocenters. The molecule has 2 aromatic rings. The number of hydrogen-bond donors (Lipinski definition) is 1. The van der Waals surface area contributed by atoms with E-state index in [1.165, 1.54) is 24.8 Å². The summed E-state index contributed by atoms with van der Waals surface area (Å²) in [5.74, 6) is 0.957. The highest BCUT2D eigenvalue weighted by molar-refractivity contribution is 7.10. The topological polar surface area (TPSA) is 21.3 Å². The standard InChI is InChI=1S/C17H21NOS/c1-2-10-19-14-6-3-5-13(12-14)18-16-7-4-8-17-15(16)9-11-20-17/h3,5-6,9,11-12,16,18H,2,4,7-8,10H2,1H3. The minimum atomic E-state index is 0.450. The van der Waals surface area contributed by atoms with Crippen molar-refractivity contribution in [3.8, 4) is 5.75 Å². The summed E-state index contributed by atoms with van der Waals surface area (Å²) < 4.78 is 5.70. The van der Waals surface area contributed by atoms with E-state index in [2.05, 4.69) is 41.9 Å². The molecule has 0 fully saturated rings. The molecule has 1 aliphatic rings. The lowest BCUT2D eigenvalue weighted by Crippen LogP contribution is -2.15. The maximum atomic E-state index is 5.70. The summed E-state index contributed by atoms with van der Waals surface area (Å²) in [6.07, 6.45) is 4.77. The van der Waals surface area contributed by atoms with Gasteiger partial charge in [-0.05, 0) is 54.8 Å². The number of ether oxygens (including phenoxy) is 1. The fraction of sp³-hybridized carbons (Fsp3) is 0.412. The molecule has 20 heavy (non-hydrogen) atoms. The van der Waals surface area contributed by atoms with Crippen LogP contribution in [0.5, 0.6) is 5.75 Å². The summed E-state index contributed by atoms with van der Waals surface area (Å²) in [5.41, 5.74) is 2.64. The van der Waals surface area contributed by atoms with Crippen molar-refractivity contribution in [2.45, 2.75) is 38.6 Å². The summed E-state index contributed by atoms with van der Waals surface area (Å²) in [4.78, 5) is 1.55. The Bertz CT molecular complexity index is 564. The lowest BCUT2D eigenvalue weighted by molar-refractivity contribution is 0.317. The number of anilines is 1. The van der Waals surface area contributed by atoms with Gasteiger partial charge in [-0.3, -0.25) is 0 Å². The van der Waals surface area contributed by atoms with Crippen LogP contribution in [-0.4, -0.2) is 6.61 Å². The molecule has 1 aliphatic carbocycles. The van der Waals surface area contributed by atoms with Crippen LogP contribution in [0, 0.1) is 0 Å². The molecule has 3 heteroatoms. The van der Waals surface area contributed by atoms with Gasteiger partial charge in [-0.2, -0.15) is 0 Å². The van der Waals surface area contributed by atoms with E-state index in [4.69, 9.17) is 4.74 Å². The number of hydrogen-bond acceptors (Lipinski definition) is 3. The minimum absolute atomic E-state index is 0.450. The normalized spacial score (nSPS) is 17.6. The highest BCUT2D eigenvalue weighted by Gasteiger charge is 2.20. The van der Waals surface area contributed by atoms with Gasteiger partial charge in [-0.25, -0.2) is 0 Å². The zero-order valence-corrected chi connectivity index (χ0v) is 12.7. The molecule has 0 bridgehead atoms. The van der Waals surface area contributed by atoms with Crippen molar-refractivity contribution in [2.24, 2.45) is 0 Å². The van der Waals surface area contributed by atoms with Crippen LogP contribution in [0.15, 0.2) is 35.7 Å². The van der Waals surface area contributed by atoms with Crippen molar-refractivity contribution in [2.75, 3.05) is 11.9 Å². The average molecular weight is 287 g/mol. The van der Waals surface area contributed by atoms with Crippen LogP contribution in [0.1, 0.15) is 42.7 Å². The van der Waals surface area contributed by atoms with E-state index in [1.807, 2.05) is 17.4 Å². The summed E-state index contributed by atoms with van der Waals surface area (Å²) >= 11 is 1.89. The second-order valence-corrected chi connectivity index (χ2v) is 6.27. The average Bonchev–Trinajstić information content (AvgIpc) is 2.95. The third kappa shape index (κ3) is 2.98. The highest BCUT2D eigenvalue weighted by Crippen LogP contribution is 2.35. The monoisotopic (exact) mass is 287 g/mol. The minimum Gasteiger partial charge on any atom is -0.494 e. The van der Waals surface area contributed by atoms with E-state index >= 15 is 0 Å². The van der Waals surface area contributed by atoms with Gasteiger partial charge in [0.25, 0.3) is 0 Å². The van der Waals surface area contributed by atoms with Gasteiger partial charge in [0.15, 0.2) is 0 Å². The summed E-state index contributed by atoms with van der Waals surface area (Å²) in [6.45, 7) is 2.91. The van der Waals surface area contributed by atoms with Gasteiger partial charge in [-0.15, -0.1) is 11.3 Å². The van der Waals surface area contributed by atoms with Crippen LogP contribution < -0.4 is 10.1 Å². The second kappa shape index (κ2) is 6.31. The quantitative estimate of drug-likeness (QED) is 0.833. The van der Waals surface area contributed by atoms with E-state index in [9.17, 15) is 0 Å². The van der Waals surface area contributed by atoms with E-state index in [0.29, 0.717) is 6.04 Å². The maximum Gasteiger partial charge on any atom is 0.121 e. The van der Waals surface area contributed by atoms with Crippen LogP contribution in [0.3, 0.4) is 0 Å². The first-order chi connectivity index (χ1) is 9.86. The largest absolute Gasteiger partial charge is 0.494 e. The lowest BCUT2D eigenvalue weighted by atomic mass is 9.94. The van der Waals surface area contributed by atoms with Crippen molar-refractivity contribution in [3.05, 3.63) is 46.2 Å². The lowest BCUT2D eigenvalue weighted by Gasteiger charge is -2.25. The predicted molar refractivity (Wildman–Crippen MR) is 85.8 cm³/mol. The van der Waals surface area contributed by atoms with Gasteiger partial charge in [0, 0.05) is 16.6 Å². The Labute approximate surface area is 124 Å². The molecular formula is C17H21NOS. The first-order valence-electron chi connectivity index (χ1n) is 7.42. The summed E-state index contributed by atoms with van der Waals surface area (Å²) in [7, 11) is 0. The number of fused-ring (bicyclic) bond motifs is 1. The second-order valence-electron chi connectivity index (χ2n) is 5.26. The van der Waals surface area contributed by atoms with Gasteiger partial charge in [0.1, 0.15) is 5.75 Å². The van der Waals surface area contributed by atoms with Crippen LogP contribution in [0.25, 0.3) is 0 Å². The van der Waals surface area contributed by atoms with Gasteiger partial charge < -0.3 is 10.1 Å². The Kier molecular flexibility index (Phi) is 4.26. The Morgan fingerprint density at radius 2 is 2.30 bits per heavy atom. The Morgan fingerprint density at radius 3 is 3.20 bits per heavy atom. The SMILES string of the molecule is CCCOc1cccc(NC2CCCc3sccc32)c1. The first-order valence-corrected chi connectivity index (χ1v) is 8.30. The molecule has 1 aromatic heterocycles. The molecule has 0 saturated carbocycles. The van der Waals surface area contributed by atoms with E-state index in [0.717, 1.165) is 24.5 Å². The Morgan fingerprint density at radius 1 is 1.35 bits per heavy atom. The van der Waals surface area contributed by atoms with Crippen molar-refractivity contribution in [1.29, 1.82) is 0 Å². The zero-order chi connectivity index (χ0) is 13.8. The van der Waals surface area contributed by atoms with Gasteiger partial charge in [-0.1, -0.05) is 13.0 Å². The fourth-order valence-corrected chi connectivity index (χ4v) is 3.72. The van der Waals surface area contributed by atoms with Crippen molar-refractivity contribution >= 4 is 17.0 Å². The van der Waals surface area contributed by atoms with Crippen molar-refractivity contribution in [3.63, 3.8) is 0 Å². The Balaban J connectivity index is 1.72. The molecule has 106 valence electrons. The number of benzene rings is 1. The smallest absolute Gasteiger partial charge is 0.121 e. The molecule has 1 heterocycles. The number of aryl methyl sites for hydroxylation is 1. The molecular weight excluding hydrogens is 266 g/mol. The molecule has 0 aliphatic heterocycles. The maximum absolute atomic E-state index is 5.70. The first kappa shape index (κ1) is 13.5. The molecule has 2 nitrogen and oxygen atoms in total. The van der Waals surface area contributed by atoms with Crippen LogP contribution in [0.2, 0.25) is 0 Å². The number of rotatable bonds is 5. The van der Waals surface area contributed by atoms with E-state index in [1.54, 1.807) is 4.88 Å². The summed E-state index contributed by atoms with van der Waals surface area (Å²) in [5, 5.41) is 5.88. The van der Waals surface area contributed by atoms with Crippen molar-refractivity contribution in [1.82, 2.24) is 0 Å². The molecule has 3 rings (SSSR count). The van der Waals surface area contributed by atoms with Crippen molar-refractivity contribution < 1.29 is 4.74 Å². The zero-order valence-electron chi connectivity index (χ0n) is 11.9. The van der Waals surface area contributed by atoms with Crippen LogP contribution in [-0.2, 0) is 6.42 Å². The van der Waals surface area contributed by atoms with E-state index < -0.39 is 0 Å².